The molecule has 1 N–H and O–H groups in total. The van der Waals surface area contributed by atoms with E-state index in [-0.39, 0.29) is 5.78 Å². The van der Waals surface area contributed by atoms with Crippen molar-refractivity contribution >= 4 is 11.9 Å². The first kappa shape index (κ1) is 17.7. The molecule has 0 spiro atoms. The van der Waals surface area contributed by atoms with E-state index in [2.05, 4.69) is 10.2 Å². The molecule has 0 saturated carbocycles. The zero-order chi connectivity index (χ0) is 18.7. The molecule has 0 aliphatic heterocycles. The number of hydrogen-bond donors (Lipinski definition) is 1. The number of aromatic nitrogens is 2. The van der Waals surface area contributed by atoms with Gasteiger partial charge in [0.25, 0.3) is 0 Å². The maximum Gasteiger partial charge on any atom is 0.189 e. The fourth-order valence-corrected chi connectivity index (χ4v) is 2.87. The van der Waals surface area contributed by atoms with Gasteiger partial charge in [-0.05, 0) is 35.9 Å². The number of nitrogens with one attached hydrogen (secondary N) is 1. The second-order valence-corrected chi connectivity index (χ2v) is 5.67. The Morgan fingerprint density at radius 2 is 1.81 bits per heavy atom. The van der Waals surface area contributed by atoms with E-state index in [1.165, 1.54) is 6.07 Å². The van der Waals surface area contributed by atoms with E-state index >= 15 is 0 Å². The van der Waals surface area contributed by atoms with E-state index in [0.717, 1.165) is 23.3 Å². The average Bonchev–Trinajstić information content (AvgIpc) is 3.25. The van der Waals surface area contributed by atoms with E-state index in [1.807, 2.05) is 38.1 Å². The summed E-state index contributed by atoms with van der Waals surface area (Å²) in [6.07, 6.45) is 2.33. The Balaban J connectivity index is 0.000000948. The molecule has 0 amide bonds. The number of ketones is 1. The number of fused-ring (bicyclic) bond motifs is 1. The minimum Gasteiger partial charge on any atom is -0.289 e. The number of carbonyl (C=O) groups excluding carboxylic acids is 1. The summed E-state index contributed by atoms with van der Waals surface area (Å²) in [4.78, 5) is 12.4. The predicted molar refractivity (Wildman–Crippen MR) is 97.7 cm³/mol. The fourth-order valence-electron chi connectivity index (χ4n) is 2.87. The Hall–Kier alpha value is -3.08. The van der Waals surface area contributed by atoms with Gasteiger partial charge in [-0.15, -0.1) is 0 Å². The van der Waals surface area contributed by atoms with E-state index in [1.54, 1.807) is 12.1 Å². The van der Waals surface area contributed by atoms with Crippen LogP contribution in [-0.4, -0.2) is 16.0 Å². The molecule has 0 bridgehead atoms. The average molecular weight is 352 g/mol. The maximum absolute atomic E-state index is 13.3. The highest BCUT2D eigenvalue weighted by atomic mass is 19.2. The lowest BCUT2D eigenvalue weighted by atomic mass is 10.1. The number of aromatic amines is 1. The van der Waals surface area contributed by atoms with Gasteiger partial charge in [0.15, 0.2) is 17.4 Å². The Bertz CT molecular complexity index is 989. The van der Waals surface area contributed by atoms with Gasteiger partial charge in [-0.2, -0.15) is 5.10 Å². The van der Waals surface area contributed by atoms with Crippen molar-refractivity contribution < 1.29 is 13.6 Å². The van der Waals surface area contributed by atoms with Gasteiger partial charge in [0.2, 0.25) is 0 Å². The van der Waals surface area contributed by atoms with E-state index in [9.17, 15) is 13.6 Å². The number of H-pyrrole nitrogens is 1. The number of hydrogen-bond acceptors (Lipinski definition) is 2. The van der Waals surface area contributed by atoms with Crippen LogP contribution in [0.25, 0.3) is 17.3 Å². The highest BCUT2D eigenvalue weighted by molar-refractivity contribution is 6.15. The third-order valence-corrected chi connectivity index (χ3v) is 4.08. The van der Waals surface area contributed by atoms with Crippen LogP contribution in [0.1, 0.15) is 35.5 Å². The molecule has 3 nitrogen and oxygen atoms in total. The summed E-state index contributed by atoms with van der Waals surface area (Å²) in [5.41, 5.74) is 4.01. The van der Waals surface area contributed by atoms with Crippen LogP contribution in [0.15, 0.2) is 54.1 Å². The number of carbonyl (C=O) groups is 1. The molecule has 0 atom stereocenters. The standard InChI is InChI=1S/C19H12F2N2O.C2H6/c20-16-6-5-12(9-17(16)21)18-10-14(22-23-18)8-13-7-11-3-1-2-4-15(11)19(13)24;1-2/h1-6,8-10H,7H2,(H,22,23);1-2H3/b13-8+;. The number of Topliss-reactive ketones (excluding diaryl/α,β-unsaturated/α-hetero) is 1. The number of allylic oxidation sites excluding steroid dienone is 1. The van der Waals surface area contributed by atoms with Crippen LogP contribution in [0.5, 0.6) is 0 Å². The molecule has 0 radical (unpaired) electrons. The minimum absolute atomic E-state index is 0.00887. The maximum atomic E-state index is 13.3. The summed E-state index contributed by atoms with van der Waals surface area (Å²) in [6, 6.07) is 12.8. The number of halogens is 2. The summed E-state index contributed by atoms with van der Waals surface area (Å²) in [5, 5.41) is 6.92. The molecule has 5 heteroatoms. The van der Waals surface area contributed by atoms with Crippen molar-refractivity contribution in [3.05, 3.63) is 82.6 Å². The summed E-state index contributed by atoms with van der Waals surface area (Å²) < 4.78 is 26.3. The molecule has 1 aliphatic carbocycles. The van der Waals surface area contributed by atoms with Gasteiger partial charge in [-0.25, -0.2) is 8.78 Å². The highest BCUT2D eigenvalue weighted by Crippen LogP contribution is 2.28. The van der Waals surface area contributed by atoms with Gasteiger partial charge in [-0.3, -0.25) is 9.89 Å². The summed E-state index contributed by atoms with van der Waals surface area (Å²) in [6.45, 7) is 4.00. The molecular weight excluding hydrogens is 334 g/mol. The molecular formula is C21H18F2N2O. The van der Waals surface area contributed by atoms with Gasteiger partial charge < -0.3 is 0 Å². The van der Waals surface area contributed by atoms with Gasteiger partial charge >= 0.3 is 0 Å². The van der Waals surface area contributed by atoms with Gasteiger partial charge in [0, 0.05) is 23.1 Å². The van der Waals surface area contributed by atoms with Crippen molar-refractivity contribution in [1.82, 2.24) is 10.2 Å². The molecule has 3 aromatic rings. The Labute approximate surface area is 150 Å². The summed E-state index contributed by atoms with van der Waals surface area (Å²) in [7, 11) is 0. The molecule has 132 valence electrons. The normalized spacial score (nSPS) is 14.2. The van der Waals surface area contributed by atoms with Crippen LogP contribution in [0.3, 0.4) is 0 Å². The van der Waals surface area contributed by atoms with Crippen LogP contribution in [-0.2, 0) is 6.42 Å². The predicted octanol–water partition coefficient (Wildman–Crippen LogP) is 5.20. The van der Waals surface area contributed by atoms with Crippen LogP contribution in [0.4, 0.5) is 8.78 Å². The highest BCUT2D eigenvalue weighted by Gasteiger charge is 2.24. The molecule has 1 aromatic heterocycles. The quantitative estimate of drug-likeness (QED) is 0.644. The van der Waals surface area contributed by atoms with Crippen LogP contribution in [0.2, 0.25) is 0 Å². The second kappa shape index (κ2) is 7.44. The summed E-state index contributed by atoms with van der Waals surface area (Å²) >= 11 is 0. The fraction of sp³-hybridized carbons (Fsp3) is 0.143. The molecule has 0 fully saturated rings. The van der Waals surface area contributed by atoms with Crippen molar-refractivity contribution in [2.24, 2.45) is 0 Å². The van der Waals surface area contributed by atoms with Crippen LogP contribution >= 0.6 is 0 Å². The van der Waals surface area contributed by atoms with Crippen LogP contribution in [0, 0.1) is 11.6 Å². The number of benzene rings is 2. The van der Waals surface area contributed by atoms with Crippen molar-refractivity contribution in [2.75, 3.05) is 0 Å². The zero-order valence-corrected chi connectivity index (χ0v) is 14.5. The molecule has 1 aliphatic rings. The first-order valence-corrected chi connectivity index (χ1v) is 8.46. The Morgan fingerprint density at radius 1 is 1.04 bits per heavy atom. The van der Waals surface area contributed by atoms with Crippen molar-refractivity contribution in [2.45, 2.75) is 20.3 Å². The van der Waals surface area contributed by atoms with Gasteiger partial charge in [0.1, 0.15) is 0 Å². The number of rotatable bonds is 2. The third-order valence-electron chi connectivity index (χ3n) is 4.08. The Kier molecular flexibility index (Phi) is 5.07. The van der Waals surface area contributed by atoms with Crippen molar-refractivity contribution in [3.63, 3.8) is 0 Å². The van der Waals surface area contributed by atoms with Gasteiger partial charge in [0.05, 0.1) is 11.4 Å². The molecule has 1 heterocycles. The smallest absolute Gasteiger partial charge is 0.189 e. The third kappa shape index (κ3) is 3.33. The molecule has 0 unspecified atom stereocenters. The molecule has 2 aromatic carbocycles. The minimum atomic E-state index is -0.920. The monoisotopic (exact) mass is 352 g/mol. The van der Waals surface area contributed by atoms with Crippen molar-refractivity contribution in [1.29, 1.82) is 0 Å². The first-order chi connectivity index (χ1) is 12.6. The lowest BCUT2D eigenvalue weighted by molar-refractivity contribution is 0.104. The SMILES string of the molecule is CC.O=C1/C(=C/c2cc(-c3ccc(F)c(F)c3)n[nH]2)Cc2ccccc21. The number of nitrogens with zero attached hydrogens (tertiary/aromatic N) is 1. The first-order valence-electron chi connectivity index (χ1n) is 8.46. The van der Waals surface area contributed by atoms with Gasteiger partial charge in [-0.1, -0.05) is 38.1 Å². The Morgan fingerprint density at radius 3 is 2.54 bits per heavy atom. The second-order valence-electron chi connectivity index (χ2n) is 5.67. The van der Waals surface area contributed by atoms with Crippen LogP contribution < -0.4 is 0 Å². The van der Waals surface area contributed by atoms with E-state index in [4.69, 9.17) is 0 Å². The summed E-state index contributed by atoms with van der Waals surface area (Å²) in [5.74, 6) is -1.81. The lowest BCUT2D eigenvalue weighted by Crippen LogP contribution is -1.94. The molecule has 4 rings (SSSR count). The zero-order valence-electron chi connectivity index (χ0n) is 14.5. The lowest BCUT2D eigenvalue weighted by Gasteiger charge is -1.97. The topological polar surface area (TPSA) is 45.8 Å². The van der Waals surface area contributed by atoms with Crippen molar-refractivity contribution in [3.8, 4) is 11.3 Å². The largest absolute Gasteiger partial charge is 0.289 e. The van der Waals surface area contributed by atoms with E-state index in [0.29, 0.717) is 28.9 Å². The van der Waals surface area contributed by atoms with E-state index < -0.39 is 11.6 Å². The molecule has 0 saturated heterocycles. The molecule has 26 heavy (non-hydrogen) atoms.